The van der Waals surface area contributed by atoms with Gasteiger partial charge in [-0.2, -0.15) is 11.3 Å². The van der Waals surface area contributed by atoms with Crippen molar-refractivity contribution in [1.29, 1.82) is 0 Å². The molecule has 1 N–H and O–H groups in total. The van der Waals surface area contributed by atoms with Gasteiger partial charge in [-0.15, -0.1) is 0 Å². The standard InChI is InChI=1S/C9H12ClNS/c1-7-5-12-6-9(7)4-11-3-8(2)10/h5-6,11H,2-4H2,1H3. The van der Waals surface area contributed by atoms with Crippen molar-refractivity contribution in [2.75, 3.05) is 6.54 Å². The molecule has 1 nitrogen and oxygen atoms in total. The highest BCUT2D eigenvalue weighted by atomic mass is 35.5. The summed E-state index contributed by atoms with van der Waals surface area (Å²) >= 11 is 7.33. The molecule has 3 heteroatoms. The first kappa shape index (κ1) is 9.78. The van der Waals surface area contributed by atoms with Crippen molar-refractivity contribution in [2.24, 2.45) is 0 Å². The largest absolute Gasteiger partial charge is 0.308 e. The van der Waals surface area contributed by atoms with Crippen molar-refractivity contribution in [3.63, 3.8) is 0 Å². The minimum atomic E-state index is 0.655. The van der Waals surface area contributed by atoms with E-state index in [1.54, 1.807) is 11.3 Å². The Balaban J connectivity index is 2.33. The zero-order valence-electron chi connectivity index (χ0n) is 7.06. The van der Waals surface area contributed by atoms with Crippen LogP contribution >= 0.6 is 22.9 Å². The topological polar surface area (TPSA) is 12.0 Å². The van der Waals surface area contributed by atoms with Crippen LogP contribution in [0.5, 0.6) is 0 Å². The van der Waals surface area contributed by atoms with E-state index in [0.29, 0.717) is 11.6 Å². The van der Waals surface area contributed by atoms with Gasteiger partial charge in [-0.25, -0.2) is 0 Å². The summed E-state index contributed by atoms with van der Waals surface area (Å²) in [5.74, 6) is 0. The van der Waals surface area contributed by atoms with E-state index in [9.17, 15) is 0 Å². The van der Waals surface area contributed by atoms with Gasteiger partial charge in [-0.3, -0.25) is 0 Å². The monoisotopic (exact) mass is 201 g/mol. The minimum Gasteiger partial charge on any atom is -0.308 e. The van der Waals surface area contributed by atoms with Gasteiger partial charge in [-0.1, -0.05) is 18.2 Å². The predicted molar refractivity (Wildman–Crippen MR) is 55.8 cm³/mol. The van der Waals surface area contributed by atoms with Crippen molar-refractivity contribution in [2.45, 2.75) is 13.5 Å². The number of aryl methyl sites for hydroxylation is 1. The van der Waals surface area contributed by atoms with Crippen LogP contribution in [0.1, 0.15) is 11.1 Å². The average molecular weight is 202 g/mol. The summed E-state index contributed by atoms with van der Waals surface area (Å²) in [5.41, 5.74) is 2.69. The second-order valence-electron chi connectivity index (χ2n) is 2.70. The molecule has 1 aromatic heterocycles. The molecule has 0 saturated heterocycles. The molecule has 0 aromatic carbocycles. The molecule has 0 saturated carbocycles. The van der Waals surface area contributed by atoms with Crippen LogP contribution in [-0.2, 0) is 6.54 Å². The Bertz CT molecular complexity index is 267. The Morgan fingerprint density at radius 3 is 2.92 bits per heavy atom. The van der Waals surface area contributed by atoms with Crippen LogP contribution in [0.4, 0.5) is 0 Å². The predicted octanol–water partition coefficient (Wildman–Crippen LogP) is 2.90. The molecule has 0 bridgehead atoms. The molecule has 1 aromatic rings. The van der Waals surface area contributed by atoms with Gasteiger partial charge in [0.25, 0.3) is 0 Å². The smallest absolute Gasteiger partial charge is 0.0310 e. The second-order valence-corrected chi connectivity index (χ2v) is 3.98. The molecule has 0 unspecified atom stereocenters. The van der Waals surface area contributed by atoms with Crippen molar-refractivity contribution >= 4 is 22.9 Å². The number of rotatable bonds is 4. The number of halogens is 1. The lowest BCUT2D eigenvalue weighted by atomic mass is 10.2. The van der Waals surface area contributed by atoms with Crippen molar-refractivity contribution in [3.05, 3.63) is 33.5 Å². The van der Waals surface area contributed by atoms with Gasteiger partial charge >= 0.3 is 0 Å². The van der Waals surface area contributed by atoms with Gasteiger partial charge in [0.15, 0.2) is 0 Å². The van der Waals surface area contributed by atoms with E-state index in [1.807, 2.05) is 0 Å². The summed E-state index contributed by atoms with van der Waals surface area (Å²) < 4.78 is 0. The Hall–Kier alpha value is -0.310. The molecule has 66 valence electrons. The van der Waals surface area contributed by atoms with Crippen LogP contribution < -0.4 is 5.32 Å². The Morgan fingerprint density at radius 1 is 1.67 bits per heavy atom. The summed E-state index contributed by atoms with van der Waals surface area (Å²) in [6, 6.07) is 0. The summed E-state index contributed by atoms with van der Waals surface area (Å²) in [6.07, 6.45) is 0. The fourth-order valence-electron chi connectivity index (χ4n) is 0.901. The van der Waals surface area contributed by atoms with Crippen molar-refractivity contribution in [3.8, 4) is 0 Å². The number of hydrogen-bond donors (Lipinski definition) is 1. The van der Waals surface area contributed by atoms with E-state index >= 15 is 0 Å². The molecule has 0 spiro atoms. The third kappa shape index (κ3) is 2.97. The fourth-order valence-corrected chi connectivity index (χ4v) is 1.85. The molecular formula is C9H12ClNS. The van der Waals surface area contributed by atoms with Crippen LogP contribution in [0.15, 0.2) is 22.4 Å². The van der Waals surface area contributed by atoms with E-state index in [2.05, 4.69) is 29.6 Å². The highest BCUT2D eigenvalue weighted by Gasteiger charge is 1.97. The van der Waals surface area contributed by atoms with Crippen LogP contribution in [0.3, 0.4) is 0 Å². The first-order valence-electron chi connectivity index (χ1n) is 3.76. The van der Waals surface area contributed by atoms with Gasteiger partial charge in [0.05, 0.1) is 0 Å². The van der Waals surface area contributed by atoms with Crippen LogP contribution in [0.25, 0.3) is 0 Å². The van der Waals surface area contributed by atoms with Crippen LogP contribution in [-0.4, -0.2) is 6.54 Å². The van der Waals surface area contributed by atoms with Crippen molar-refractivity contribution in [1.82, 2.24) is 5.32 Å². The van der Waals surface area contributed by atoms with Gasteiger partial charge < -0.3 is 5.32 Å². The maximum absolute atomic E-state index is 5.60. The van der Waals surface area contributed by atoms with E-state index < -0.39 is 0 Å². The molecule has 1 heterocycles. The fraction of sp³-hybridized carbons (Fsp3) is 0.333. The maximum Gasteiger partial charge on any atom is 0.0310 e. The molecular weight excluding hydrogens is 190 g/mol. The van der Waals surface area contributed by atoms with Crippen LogP contribution in [0.2, 0.25) is 0 Å². The lowest BCUT2D eigenvalue weighted by molar-refractivity contribution is 0.753. The van der Waals surface area contributed by atoms with Crippen LogP contribution in [0, 0.1) is 6.92 Å². The normalized spacial score (nSPS) is 10.2. The van der Waals surface area contributed by atoms with Gasteiger partial charge in [-0.05, 0) is 28.8 Å². The Morgan fingerprint density at radius 2 is 2.42 bits per heavy atom. The molecule has 12 heavy (non-hydrogen) atoms. The lowest BCUT2D eigenvalue weighted by Gasteiger charge is -2.01. The maximum atomic E-state index is 5.60. The van der Waals surface area contributed by atoms with E-state index in [4.69, 9.17) is 11.6 Å². The summed E-state index contributed by atoms with van der Waals surface area (Å²) in [6.45, 7) is 7.27. The molecule has 0 atom stereocenters. The van der Waals surface area contributed by atoms with E-state index in [-0.39, 0.29) is 0 Å². The summed E-state index contributed by atoms with van der Waals surface area (Å²) in [4.78, 5) is 0. The lowest BCUT2D eigenvalue weighted by Crippen LogP contribution is -2.14. The average Bonchev–Trinajstić information content (AvgIpc) is 2.36. The molecule has 0 aliphatic carbocycles. The van der Waals surface area contributed by atoms with Gasteiger partial charge in [0.2, 0.25) is 0 Å². The van der Waals surface area contributed by atoms with Gasteiger partial charge in [0, 0.05) is 18.1 Å². The number of thiophene rings is 1. The SMILES string of the molecule is C=C(Cl)CNCc1cscc1C. The van der Waals surface area contributed by atoms with Crippen molar-refractivity contribution < 1.29 is 0 Å². The molecule has 0 aliphatic heterocycles. The highest BCUT2D eigenvalue weighted by molar-refractivity contribution is 7.08. The summed E-state index contributed by atoms with van der Waals surface area (Å²) in [5, 5.41) is 8.16. The third-order valence-corrected chi connectivity index (χ3v) is 2.64. The molecule has 0 aliphatic rings. The number of hydrogen-bond acceptors (Lipinski definition) is 2. The third-order valence-electron chi connectivity index (χ3n) is 1.59. The molecule has 0 amide bonds. The second kappa shape index (κ2) is 4.65. The van der Waals surface area contributed by atoms with E-state index in [1.165, 1.54) is 11.1 Å². The molecule has 0 fully saturated rings. The Kier molecular flexibility index (Phi) is 3.79. The van der Waals surface area contributed by atoms with E-state index in [0.717, 1.165) is 6.54 Å². The first-order valence-corrected chi connectivity index (χ1v) is 5.08. The zero-order valence-corrected chi connectivity index (χ0v) is 8.63. The van der Waals surface area contributed by atoms with Gasteiger partial charge in [0.1, 0.15) is 0 Å². The number of nitrogens with one attached hydrogen (secondary N) is 1. The molecule has 1 rings (SSSR count). The zero-order chi connectivity index (χ0) is 8.97. The minimum absolute atomic E-state index is 0.655. The molecule has 0 radical (unpaired) electrons. The summed E-state index contributed by atoms with van der Waals surface area (Å²) in [7, 11) is 0. The highest BCUT2D eigenvalue weighted by Crippen LogP contribution is 2.12. The first-order chi connectivity index (χ1) is 5.70. The quantitative estimate of drug-likeness (QED) is 0.790. The Labute approximate surface area is 82.1 Å².